The average Bonchev–Trinajstić information content (AvgIpc) is 3.48. The third-order valence-corrected chi connectivity index (χ3v) is 9.31. The Morgan fingerprint density at radius 3 is 2.66 bits per heavy atom. The highest BCUT2D eigenvalue weighted by atomic mass is 35.5. The van der Waals surface area contributed by atoms with Crippen LogP contribution in [0.1, 0.15) is 61.6 Å². The van der Waals surface area contributed by atoms with Crippen LogP contribution < -0.4 is 0 Å². The number of likely N-dealkylation sites (tertiary alicyclic amines) is 2. The van der Waals surface area contributed by atoms with E-state index in [2.05, 4.69) is 19.9 Å². The van der Waals surface area contributed by atoms with Gasteiger partial charge in [-0.1, -0.05) is 43.0 Å². The topological polar surface area (TPSA) is 74.0 Å². The summed E-state index contributed by atoms with van der Waals surface area (Å²) in [6.07, 6.45) is 8.13. The molecule has 6 rings (SSSR count). The van der Waals surface area contributed by atoms with Crippen LogP contribution in [-0.2, 0) is 4.79 Å². The summed E-state index contributed by atoms with van der Waals surface area (Å²) in [5, 5.41) is 15.0. The standard InChI is InChI=1S/C29H35ClFN5O2/c30-27-7-8-28-32-15-26(36(28)33-27)20-9-11-34(12-10-20)16-22-17-35(25(29(37)38)13-19-3-1-4-19)18-24(22)21-5-2-6-23(31)14-21/h2,5-8,14-15,19-20,22,24-25H,1,3-4,9-13,16-18H2,(H,37,38)/t22-,24+,25+/m0/s1. The first-order chi connectivity index (χ1) is 18.4. The molecule has 2 saturated heterocycles. The average molecular weight is 540 g/mol. The molecule has 1 aromatic carbocycles. The monoisotopic (exact) mass is 539 g/mol. The summed E-state index contributed by atoms with van der Waals surface area (Å²) in [7, 11) is 0. The van der Waals surface area contributed by atoms with Crippen molar-refractivity contribution in [2.24, 2.45) is 11.8 Å². The Balaban J connectivity index is 1.15. The van der Waals surface area contributed by atoms with Crippen molar-refractivity contribution in [3.8, 4) is 0 Å². The Kier molecular flexibility index (Phi) is 7.38. The van der Waals surface area contributed by atoms with Crippen LogP contribution in [0.2, 0.25) is 5.15 Å². The number of carboxylic acid groups (broad SMARTS) is 1. The first-order valence-corrected chi connectivity index (χ1v) is 14.3. The van der Waals surface area contributed by atoms with E-state index in [9.17, 15) is 14.3 Å². The molecule has 0 bridgehead atoms. The summed E-state index contributed by atoms with van der Waals surface area (Å²) in [6, 6.07) is 10.1. The van der Waals surface area contributed by atoms with E-state index in [1.807, 2.05) is 22.8 Å². The molecule has 0 radical (unpaired) electrons. The third-order valence-electron chi connectivity index (χ3n) is 9.11. The van der Waals surface area contributed by atoms with E-state index < -0.39 is 12.0 Å². The van der Waals surface area contributed by atoms with E-state index >= 15 is 0 Å². The highest BCUT2D eigenvalue weighted by Gasteiger charge is 2.41. The maximum absolute atomic E-state index is 14.2. The number of benzene rings is 1. The molecular weight excluding hydrogens is 505 g/mol. The Morgan fingerprint density at radius 1 is 1.13 bits per heavy atom. The molecule has 38 heavy (non-hydrogen) atoms. The van der Waals surface area contributed by atoms with E-state index in [0.717, 1.165) is 75.2 Å². The van der Waals surface area contributed by atoms with Crippen LogP contribution in [0.25, 0.3) is 5.65 Å². The molecule has 3 atom stereocenters. The molecule has 0 unspecified atom stereocenters. The number of hydrogen-bond acceptors (Lipinski definition) is 5. The van der Waals surface area contributed by atoms with Crippen molar-refractivity contribution in [2.45, 2.75) is 56.4 Å². The third kappa shape index (κ3) is 5.31. The van der Waals surface area contributed by atoms with Crippen LogP contribution in [-0.4, -0.2) is 74.2 Å². The maximum atomic E-state index is 14.2. The fourth-order valence-electron chi connectivity index (χ4n) is 6.80. The lowest BCUT2D eigenvalue weighted by Gasteiger charge is -2.34. The van der Waals surface area contributed by atoms with Gasteiger partial charge in [-0.25, -0.2) is 13.9 Å². The van der Waals surface area contributed by atoms with Crippen molar-refractivity contribution in [3.05, 3.63) is 64.8 Å². The molecule has 0 amide bonds. The van der Waals surface area contributed by atoms with Crippen molar-refractivity contribution in [1.82, 2.24) is 24.4 Å². The minimum Gasteiger partial charge on any atom is -0.480 e. The minimum atomic E-state index is -0.724. The molecule has 1 N–H and O–H groups in total. The molecule has 3 aromatic rings. The molecule has 3 fully saturated rings. The van der Waals surface area contributed by atoms with Gasteiger partial charge in [0.15, 0.2) is 5.65 Å². The second-order valence-corrected chi connectivity index (χ2v) is 11.8. The van der Waals surface area contributed by atoms with Gasteiger partial charge in [-0.3, -0.25) is 9.69 Å². The fraction of sp³-hybridized carbons (Fsp3) is 0.552. The number of aromatic nitrogens is 3. The highest BCUT2D eigenvalue weighted by molar-refractivity contribution is 6.29. The van der Waals surface area contributed by atoms with Gasteiger partial charge >= 0.3 is 5.97 Å². The summed E-state index contributed by atoms with van der Waals surface area (Å²) in [5.74, 6) is 0.310. The number of nitrogens with zero attached hydrogens (tertiary/aromatic N) is 5. The van der Waals surface area contributed by atoms with Crippen LogP contribution in [0.5, 0.6) is 0 Å². The molecule has 2 aliphatic heterocycles. The van der Waals surface area contributed by atoms with Gasteiger partial charge in [0, 0.05) is 31.5 Å². The van der Waals surface area contributed by atoms with Gasteiger partial charge in [0.05, 0.1) is 11.9 Å². The van der Waals surface area contributed by atoms with Crippen molar-refractivity contribution < 1.29 is 14.3 Å². The van der Waals surface area contributed by atoms with E-state index in [1.165, 1.54) is 12.5 Å². The van der Waals surface area contributed by atoms with Crippen molar-refractivity contribution in [1.29, 1.82) is 0 Å². The van der Waals surface area contributed by atoms with Gasteiger partial charge in [0.1, 0.15) is 17.0 Å². The summed E-state index contributed by atoms with van der Waals surface area (Å²) in [5.41, 5.74) is 2.90. The van der Waals surface area contributed by atoms with Crippen molar-refractivity contribution in [3.63, 3.8) is 0 Å². The predicted octanol–water partition coefficient (Wildman–Crippen LogP) is 5.06. The molecule has 1 saturated carbocycles. The lowest BCUT2D eigenvalue weighted by molar-refractivity contribution is -0.144. The molecule has 9 heteroatoms. The lowest BCUT2D eigenvalue weighted by atomic mass is 9.80. The van der Waals surface area contributed by atoms with Gasteiger partial charge in [0.25, 0.3) is 0 Å². The molecule has 202 valence electrons. The summed E-state index contributed by atoms with van der Waals surface area (Å²) in [6.45, 7) is 4.20. The number of rotatable bonds is 8. The second-order valence-electron chi connectivity index (χ2n) is 11.4. The van der Waals surface area contributed by atoms with E-state index in [1.54, 1.807) is 18.2 Å². The fourth-order valence-corrected chi connectivity index (χ4v) is 6.94. The van der Waals surface area contributed by atoms with Crippen LogP contribution in [0.15, 0.2) is 42.6 Å². The maximum Gasteiger partial charge on any atom is 0.320 e. The van der Waals surface area contributed by atoms with Crippen molar-refractivity contribution >= 4 is 23.2 Å². The number of carboxylic acids is 1. The molecule has 3 aliphatic rings. The highest BCUT2D eigenvalue weighted by Crippen LogP contribution is 2.39. The smallest absolute Gasteiger partial charge is 0.320 e. The zero-order chi connectivity index (χ0) is 26.2. The van der Waals surface area contributed by atoms with E-state index in [4.69, 9.17) is 11.6 Å². The molecule has 0 spiro atoms. The molecule has 7 nitrogen and oxygen atoms in total. The Morgan fingerprint density at radius 2 is 1.95 bits per heavy atom. The predicted molar refractivity (Wildman–Crippen MR) is 144 cm³/mol. The van der Waals surface area contributed by atoms with Crippen molar-refractivity contribution in [2.75, 3.05) is 32.7 Å². The van der Waals surface area contributed by atoms with Gasteiger partial charge in [-0.15, -0.1) is 0 Å². The van der Waals surface area contributed by atoms with Gasteiger partial charge < -0.3 is 10.0 Å². The summed E-state index contributed by atoms with van der Waals surface area (Å²) in [4.78, 5) is 21.5. The zero-order valence-electron chi connectivity index (χ0n) is 21.6. The van der Waals surface area contributed by atoms with Gasteiger partial charge in [0.2, 0.25) is 0 Å². The van der Waals surface area contributed by atoms with Crippen LogP contribution in [0, 0.1) is 17.7 Å². The molecule has 4 heterocycles. The van der Waals surface area contributed by atoms with Gasteiger partial charge in [-0.2, -0.15) is 5.10 Å². The Bertz CT molecular complexity index is 1290. The largest absolute Gasteiger partial charge is 0.480 e. The Hall–Kier alpha value is -2.55. The van der Waals surface area contributed by atoms with Crippen LogP contribution in [0.3, 0.4) is 0 Å². The molecule has 1 aliphatic carbocycles. The number of piperidine rings is 1. The number of aliphatic carboxylic acids is 1. The number of imidazole rings is 1. The van der Waals surface area contributed by atoms with Crippen LogP contribution >= 0.6 is 11.6 Å². The van der Waals surface area contributed by atoms with Crippen LogP contribution in [0.4, 0.5) is 4.39 Å². The number of carbonyl (C=O) groups is 1. The number of halogens is 2. The SMILES string of the molecule is O=C(O)[C@@H](CC1CCC1)N1C[C@H](CN2CCC(c3cnc4ccc(Cl)nn34)CC2)[C@@H](c2cccc(F)c2)C1. The normalized spacial score (nSPS) is 24.6. The number of hydrogen-bond donors (Lipinski definition) is 1. The summed E-state index contributed by atoms with van der Waals surface area (Å²) >= 11 is 6.14. The zero-order valence-corrected chi connectivity index (χ0v) is 22.3. The van der Waals surface area contributed by atoms with Gasteiger partial charge in [-0.05, 0) is 74.0 Å². The Labute approximate surface area is 227 Å². The quantitative estimate of drug-likeness (QED) is 0.431. The van der Waals surface area contributed by atoms with E-state index in [-0.39, 0.29) is 17.7 Å². The summed E-state index contributed by atoms with van der Waals surface area (Å²) < 4.78 is 16.1. The van der Waals surface area contributed by atoms with E-state index in [0.29, 0.717) is 23.5 Å². The first-order valence-electron chi connectivity index (χ1n) is 13.9. The lowest BCUT2D eigenvalue weighted by Crippen LogP contribution is -2.43. The second kappa shape index (κ2) is 10.9. The first kappa shape index (κ1) is 25.7. The number of fused-ring (bicyclic) bond motifs is 1. The molecular formula is C29H35ClFN5O2. The molecule has 2 aromatic heterocycles. The minimum absolute atomic E-state index is 0.122.